The van der Waals surface area contributed by atoms with Crippen LogP contribution in [0.4, 0.5) is 4.39 Å². The summed E-state index contributed by atoms with van der Waals surface area (Å²) in [5, 5.41) is 14.3. The van der Waals surface area contributed by atoms with E-state index >= 15 is 0 Å². The fourth-order valence-electron chi connectivity index (χ4n) is 2.91. The number of hydrogen-bond acceptors (Lipinski definition) is 5. The first-order valence-electron chi connectivity index (χ1n) is 7.74. The normalized spacial score (nSPS) is 11.4. The summed E-state index contributed by atoms with van der Waals surface area (Å²) in [5.74, 6) is -0.498. The predicted octanol–water partition coefficient (Wildman–Crippen LogP) is 2.16. The summed E-state index contributed by atoms with van der Waals surface area (Å²) in [4.78, 5) is 19.8. The number of aromatic amines is 2. The number of pyridine rings is 1. The van der Waals surface area contributed by atoms with Gasteiger partial charge in [-0.1, -0.05) is 11.3 Å². The van der Waals surface area contributed by atoms with Gasteiger partial charge in [-0.25, -0.2) is 4.39 Å². The largest absolute Gasteiger partial charge is 0.339 e. The molecule has 0 bridgehead atoms. The molecule has 9 heteroatoms. The van der Waals surface area contributed by atoms with Gasteiger partial charge in [0.2, 0.25) is 0 Å². The molecule has 4 heterocycles. The lowest BCUT2D eigenvalue weighted by atomic mass is 10.1. The molecule has 0 saturated carbocycles. The van der Waals surface area contributed by atoms with Crippen molar-refractivity contribution < 1.29 is 4.39 Å². The van der Waals surface area contributed by atoms with Crippen LogP contribution in [0.25, 0.3) is 39.2 Å². The van der Waals surface area contributed by atoms with Crippen molar-refractivity contribution in [2.24, 2.45) is 0 Å². The number of rotatable bonds is 2. The Labute approximate surface area is 144 Å². The first-order valence-corrected chi connectivity index (χ1v) is 7.74. The minimum absolute atomic E-state index is 0.221. The Hall–Kier alpha value is -3.88. The highest BCUT2D eigenvalue weighted by Crippen LogP contribution is 2.26. The number of H-pyrrole nitrogens is 2. The molecular formula is C17H10FN7O. The van der Waals surface area contributed by atoms with E-state index in [1.54, 1.807) is 18.5 Å². The minimum Gasteiger partial charge on any atom is -0.339 e. The van der Waals surface area contributed by atoms with Crippen LogP contribution in [0.1, 0.15) is 0 Å². The van der Waals surface area contributed by atoms with Crippen LogP contribution < -0.4 is 5.56 Å². The van der Waals surface area contributed by atoms with Crippen LogP contribution in [-0.2, 0) is 0 Å². The predicted molar refractivity (Wildman–Crippen MR) is 91.9 cm³/mol. The molecule has 0 radical (unpaired) electrons. The first kappa shape index (κ1) is 14.5. The Balaban J connectivity index is 1.78. The van der Waals surface area contributed by atoms with Crippen LogP contribution in [0.2, 0.25) is 0 Å². The third-order valence-electron chi connectivity index (χ3n) is 4.14. The van der Waals surface area contributed by atoms with Crippen LogP contribution in [0, 0.1) is 5.82 Å². The van der Waals surface area contributed by atoms with Crippen LogP contribution in [0.3, 0.4) is 0 Å². The Morgan fingerprint density at radius 1 is 1.12 bits per heavy atom. The highest BCUT2D eigenvalue weighted by atomic mass is 19.1. The van der Waals surface area contributed by atoms with Gasteiger partial charge >= 0.3 is 0 Å². The van der Waals surface area contributed by atoms with Crippen molar-refractivity contribution in [1.29, 1.82) is 0 Å². The van der Waals surface area contributed by atoms with Gasteiger partial charge in [-0.2, -0.15) is 9.61 Å². The molecule has 0 fully saturated rings. The zero-order valence-electron chi connectivity index (χ0n) is 13.1. The van der Waals surface area contributed by atoms with Gasteiger partial charge in [0.1, 0.15) is 17.0 Å². The number of nitrogens with one attached hydrogen (secondary N) is 2. The van der Waals surface area contributed by atoms with E-state index < -0.39 is 5.82 Å². The van der Waals surface area contributed by atoms with Gasteiger partial charge < -0.3 is 4.98 Å². The van der Waals surface area contributed by atoms with Crippen molar-refractivity contribution in [2.45, 2.75) is 0 Å². The summed E-state index contributed by atoms with van der Waals surface area (Å²) in [6.07, 6.45) is 3.20. The second-order valence-corrected chi connectivity index (χ2v) is 5.72. The zero-order chi connectivity index (χ0) is 17.7. The molecule has 1 aromatic carbocycles. The van der Waals surface area contributed by atoms with Gasteiger partial charge in [0.15, 0.2) is 0 Å². The van der Waals surface area contributed by atoms with Gasteiger partial charge in [-0.15, -0.1) is 5.10 Å². The monoisotopic (exact) mass is 347 g/mol. The number of benzene rings is 1. The summed E-state index contributed by atoms with van der Waals surface area (Å²) in [6, 6.07) is 9.57. The molecule has 0 saturated heterocycles. The van der Waals surface area contributed by atoms with E-state index in [1.807, 2.05) is 12.1 Å². The maximum absolute atomic E-state index is 14.5. The summed E-state index contributed by atoms with van der Waals surface area (Å²) in [6.45, 7) is 0. The Morgan fingerprint density at radius 2 is 2.04 bits per heavy atom. The molecule has 0 atom stereocenters. The number of hydrogen-bond donors (Lipinski definition) is 2. The molecule has 0 aliphatic carbocycles. The molecule has 0 amide bonds. The minimum atomic E-state index is -0.498. The number of fused-ring (bicyclic) bond motifs is 2. The van der Waals surface area contributed by atoms with Crippen molar-refractivity contribution in [1.82, 2.24) is 35.0 Å². The van der Waals surface area contributed by atoms with E-state index in [9.17, 15) is 9.18 Å². The SMILES string of the molecule is O=c1cc(-c2cc3nn[nH]c3cc2F)[nH]c2c(-c3ccccn3)cnn12. The van der Waals surface area contributed by atoms with E-state index in [0.29, 0.717) is 33.6 Å². The maximum Gasteiger partial charge on any atom is 0.274 e. The molecule has 2 N–H and O–H groups in total. The van der Waals surface area contributed by atoms with Crippen LogP contribution in [0.5, 0.6) is 0 Å². The lowest BCUT2D eigenvalue weighted by Crippen LogP contribution is -2.14. The third kappa shape index (κ3) is 2.10. The Morgan fingerprint density at radius 3 is 2.88 bits per heavy atom. The highest BCUT2D eigenvalue weighted by Gasteiger charge is 2.15. The molecule has 0 aliphatic rings. The van der Waals surface area contributed by atoms with Crippen molar-refractivity contribution in [3.05, 3.63) is 65.0 Å². The van der Waals surface area contributed by atoms with Crippen molar-refractivity contribution in [3.8, 4) is 22.5 Å². The van der Waals surface area contributed by atoms with E-state index in [1.165, 1.54) is 22.7 Å². The van der Waals surface area contributed by atoms with Crippen molar-refractivity contribution >= 4 is 16.7 Å². The van der Waals surface area contributed by atoms with E-state index in [4.69, 9.17) is 0 Å². The molecule has 0 aliphatic heterocycles. The fourth-order valence-corrected chi connectivity index (χ4v) is 2.91. The number of aromatic nitrogens is 7. The molecule has 5 rings (SSSR count). The maximum atomic E-state index is 14.5. The molecule has 26 heavy (non-hydrogen) atoms. The van der Waals surface area contributed by atoms with Gasteiger partial charge in [-0.3, -0.25) is 14.9 Å². The molecule has 8 nitrogen and oxygen atoms in total. The Kier molecular flexibility index (Phi) is 2.95. The van der Waals surface area contributed by atoms with E-state index in [-0.39, 0.29) is 11.1 Å². The molecule has 0 unspecified atom stereocenters. The van der Waals surface area contributed by atoms with E-state index in [0.717, 1.165) is 0 Å². The van der Waals surface area contributed by atoms with Gasteiger partial charge in [0, 0.05) is 23.9 Å². The van der Waals surface area contributed by atoms with Gasteiger partial charge in [0.25, 0.3) is 5.56 Å². The lowest BCUT2D eigenvalue weighted by Gasteiger charge is -2.06. The molecule has 4 aromatic heterocycles. The summed E-state index contributed by atoms with van der Waals surface area (Å²) >= 11 is 0. The molecule has 5 aromatic rings. The second-order valence-electron chi connectivity index (χ2n) is 5.72. The average molecular weight is 347 g/mol. The standard InChI is InChI=1S/C17H10FN7O/c18-11-6-15-14(22-24-23-15)5-9(11)13-7-16(26)25-17(21-13)10(8-20-25)12-3-1-2-4-19-12/h1-8,21H,(H,22,23,24). The number of nitrogens with zero attached hydrogens (tertiary/aromatic N) is 5. The van der Waals surface area contributed by atoms with Crippen LogP contribution >= 0.6 is 0 Å². The third-order valence-corrected chi connectivity index (χ3v) is 4.14. The zero-order valence-corrected chi connectivity index (χ0v) is 13.1. The molecule has 126 valence electrons. The Bertz CT molecular complexity index is 1320. The van der Waals surface area contributed by atoms with Gasteiger partial charge in [-0.05, 0) is 18.2 Å². The highest BCUT2D eigenvalue weighted by molar-refractivity contribution is 5.82. The quantitative estimate of drug-likeness (QED) is 0.509. The lowest BCUT2D eigenvalue weighted by molar-refractivity contribution is 0.632. The van der Waals surface area contributed by atoms with Gasteiger partial charge in [0.05, 0.1) is 28.7 Å². The topological polar surface area (TPSA) is 105 Å². The average Bonchev–Trinajstić information content (AvgIpc) is 3.28. The fraction of sp³-hybridized carbons (Fsp3) is 0. The van der Waals surface area contributed by atoms with Crippen LogP contribution in [-0.4, -0.2) is 35.0 Å². The first-order chi connectivity index (χ1) is 12.7. The molecular weight excluding hydrogens is 337 g/mol. The van der Waals surface area contributed by atoms with Crippen LogP contribution in [0.15, 0.2) is 53.6 Å². The summed E-state index contributed by atoms with van der Waals surface area (Å²) < 4.78 is 15.8. The van der Waals surface area contributed by atoms with Crippen molar-refractivity contribution in [2.75, 3.05) is 0 Å². The van der Waals surface area contributed by atoms with E-state index in [2.05, 4.69) is 30.5 Å². The summed E-state index contributed by atoms with van der Waals surface area (Å²) in [7, 11) is 0. The number of halogens is 1. The van der Waals surface area contributed by atoms with Crippen molar-refractivity contribution in [3.63, 3.8) is 0 Å². The smallest absolute Gasteiger partial charge is 0.274 e. The second kappa shape index (κ2) is 5.31. The molecule has 0 spiro atoms. The summed E-state index contributed by atoms with van der Waals surface area (Å²) in [5.41, 5.74) is 2.88.